The average Bonchev–Trinajstić information content (AvgIpc) is 2.92. The first-order valence-electron chi connectivity index (χ1n) is 8.97. The number of nitrogens with one attached hydrogen (secondary N) is 2. The normalized spacial score (nSPS) is 17.6. The molecule has 1 amide bonds. The standard InChI is InChI=1S/C19H24F2N2O3/c1-12-15(16-8-13(20)9-17(21)19(16)23-12)5-6-22-18(24)11-25-10-14-4-2-3-7-26-14/h8-9,14,23H,2-7,10-11H2,1H3,(H,22,24). The Morgan fingerprint density at radius 3 is 3.00 bits per heavy atom. The zero-order valence-electron chi connectivity index (χ0n) is 14.9. The maximum Gasteiger partial charge on any atom is 0.246 e. The first-order chi connectivity index (χ1) is 12.5. The van der Waals surface area contributed by atoms with Crippen molar-refractivity contribution in [2.75, 3.05) is 26.4 Å². The van der Waals surface area contributed by atoms with Gasteiger partial charge in [-0.25, -0.2) is 8.78 Å². The number of benzene rings is 1. The minimum atomic E-state index is -0.614. The van der Waals surface area contributed by atoms with Crippen LogP contribution >= 0.6 is 0 Å². The molecule has 1 aromatic carbocycles. The molecule has 5 nitrogen and oxygen atoms in total. The molecule has 1 fully saturated rings. The van der Waals surface area contributed by atoms with Gasteiger partial charge in [0.05, 0.1) is 18.2 Å². The fourth-order valence-electron chi connectivity index (χ4n) is 3.33. The number of aromatic nitrogens is 1. The van der Waals surface area contributed by atoms with Crippen LogP contribution in [0.1, 0.15) is 30.5 Å². The van der Waals surface area contributed by atoms with Crippen molar-refractivity contribution in [3.8, 4) is 0 Å². The maximum absolute atomic E-state index is 13.8. The molecular formula is C19H24F2N2O3. The summed E-state index contributed by atoms with van der Waals surface area (Å²) in [6.07, 6.45) is 3.74. The molecule has 1 aliphatic rings. The molecule has 0 bridgehead atoms. The summed E-state index contributed by atoms with van der Waals surface area (Å²) in [6.45, 7) is 3.34. The van der Waals surface area contributed by atoms with Crippen LogP contribution in [0.25, 0.3) is 10.9 Å². The van der Waals surface area contributed by atoms with Crippen LogP contribution in [-0.2, 0) is 20.7 Å². The summed E-state index contributed by atoms with van der Waals surface area (Å²) < 4.78 is 38.2. The predicted molar refractivity (Wildman–Crippen MR) is 94.1 cm³/mol. The molecule has 3 rings (SSSR count). The molecule has 0 saturated carbocycles. The van der Waals surface area contributed by atoms with Crippen LogP contribution < -0.4 is 5.32 Å². The highest BCUT2D eigenvalue weighted by Crippen LogP contribution is 2.25. The Labute approximate surface area is 151 Å². The summed E-state index contributed by atoms with van der Waals surface area (Å²) in [5, 5.41) is 3.29. The quantitative estimate of drug-likeness (QED) is 0.792. The minimum Gasteiger partial charge on any atom is -0.376 e. The summed E-state index contributed by atoms with van der Waals surface area (Å²) in [7, 11) is 0. The second-order valence-corrected chi connectivity index (χ2v) is 6.64. The molecule has 1 saturated heterocycles. The van der Waals surface area contributed by atoms with Crippen molar-refractivity contribution in [2.45, 2.75) is 38.7 Å². The van der Waals surface area contributed by atoms with Crippen LogP contribution in [0, 0.1) is 18.6 Å². The first-order valence-corrected chi connectivity index (χ1v) is 8.97. The lowest BCUT2D eigenvalue weighted by atomic mass is 10.1. The van der Waals surface area contributed by atoms with Crippen LogP contribution in [0.5, 0.6) is 0 Å². The maximum atomic E-state index is 13.8. The average molecular weight is 366 g/mol. The van der Waals surface area contributed by atoms with Gasteiger partial charge in [-0.05, 0) is 44.2 Å². The number of rotatable bonds is 7. The number of halogens is 2. The molecule has 26 heavy (non-hydrogen) atoms. The predicted octanol–water partition coefficient (Wildman–Crippen LogP) is 3.00. The Bertz CT molecular complexity index is 770. The molecule has 0 radical (unpaired) electrons. The van der Waals surface area contributed by atoms with Gasteiger partial charge in [-0.1, -0.05) is 0 Å². The SMILES string of the molecule is Cc1[nH]c2c(F)cc(F)cc2c1CCNC(=O)COCC1CCCCO1. The number of aromatic amines is 1. The number of amides is 1. The molecule has 7 heteroatoms. The van der Waals surface area contributed by atoms with Gasteiger partial charge in [0, 0.05) is 30.3 Å². The Hall–Kier alpha value is -1.99. The second-order valence-electron chi connectivity index (χ2n) is 6.64. The van der Waals surface area contributed by atoms with E-state index in [1.54, 1.807) is 0 Å². The zero-order chi connectivity index (χ0) is 18.5. The summed E-state index contributed by atoms with van der Waals surface area (Å²) >= 11 is 0. The smallest absolute Gasteiger partial charge is 0.246 e. The monoisotopic (exact) mass is 366 g/mol. The van der Waals surface area contributed by atoms with Gasteiger partial charge in [0.25, 0.3) is 0 Å². The van der Waals surface area contributed by atoms with Crippen LogP contribution in [0.4, 0.5) is 8.78 Å². The van der Waals surface area contributed by atoms with Crippen LogP contribution in [0.15, 0.2) is 12.1 Å². The Balaban J connectivity index is 1.46. The van der Waals surface area contributed by atoms with Crippen molar-refractivity contribution in [3.63, 3.8) is 0 Å². The van der Waals surface area contributed by atoms with Crippen molar-refractivity contribution in [3.05, 3.63) is 35.0 Å². The van der Waals surface area contributed by atoms with E-state index in [-0.39, 0.29) is 18.6 Å². The van der Waals surface area contributed by atoms with Crippen LogP contribution in [-0.4, -0.2) is 43.4 Å². The van der Waals surface area contributed by atoms with Gasteiger partial charge in [0.2, 0.25) is 5.91 Å². The lowest BCUT2D eigenvalue weighted by Gasteiger charge is -2.22. The number of carbonyl (C=O) groups is 1. The van der Waals surface area contributed by atoms with Crippen LogP contribution in [0.2, 0.25) is 0 Å². The zero-order valence-corrected chi connectivity index (χ0v) is 14.9. The van der Waals surface area contributed by atoms with Gasteiger partial charge in [0.1, 0.15) is 18.2 Å². The fraction of sp³-hybridized carbons (Fsp3) is 0.526. The van der Waals surface area contributed by atoms with E-state index >= 15 is 0 Å². The van der Waals surface area contributed by atoms with E-state index in [1.807, 2.05) is 6.92 Å². The molecule has 2 heterocycles. The minimum absolute atomic E-state index is 0.0179. The highest BCUT2D eigenvalue weighted by molar-refractivity contribution is 5.85. The largest absolute Gasteiger partial charge is 0.376 e. The van der Waals surface area contributed by atoms with E-state index < -0.39 is 11.6 Å². The summed E-state index contributed by atoms with van der Waals surface area (Å²) in [6, 6.07) is 2.17. The summed E-state index contributed by atoms with van der Waals surface area (Å²) in [4.78, 5) is 14.8. The number of carbonyl (C=O) groups excluding carboxylic acids is 1. The first kappa shape index (κ1) is 18.8. The van der Waals surface area contributed by atoms with Crippen molar-refractivity contribution >= 4 is 16.8 Å². The molecule has 1 aliphatic heterocycles. The van der Waals surface area contributed by atoms with Gasteiger partial charge in [0.15, 0.2) is 0 Å². The third-order valence-corrected chi connectivity index (χ3v) is 4.65. The van der Waals surface area contributed by atoms with Crippen molar-refractivity contribution < 1.29 is 23.0 Å². The lowest BCUT2D eigenvalue weighted by molar-refractivity contribution is -0.127. The van der Waals surface area contributed by atoms with Gasteiger partial charge >= 0.3 is 0 Å². The molecule has 0 aliphatic carbocycles. The van der Waals surface area contributed by atoms with Gasteiger partial charge in [-0.3, -0.25) is 4.79 Å². The molecule has 1 unspecified atom stereocenters. The van der Waals surface area contributed by atoms with E-state index in [9.17, 15) is 13.6 Å². The molecular weight excluding hydrogens is 342 g/mol. The molecule has 0 spiro atoms. The van der Waals surface area contributed by atoms with Gasteiger partial charge < -0.3 is 19.8 Å². The molecule has 1 atom stereocenters. The van der Waals surface area contributed by atoms with E-state index in [2.05, 4.69) is 10.3 Å². The molecule has 2 N–H and O–H groups in total. The third-order valence-electron chi connectivity index (χ3n) is 4.65. The van der Waals surface area contributed by atoms with Gasteiger partial charge in [-0.15, -0.1) is 0 Å². The number of hydrogen-bond acceptors (Lipinski definition) is 3. The van der Waals surface area contributed by atoms with E-state index in [0.29, 0.717) is 30.5 Å². The van der Waals surface area contributed by atoms with Gasteiger partial charge in [-0.2, -0.15) is 0 Å². The number of hydrogen-bond donors (Lipinski definition) is 2. The third kappa shape index (κ3) is 4.59. The van der Waals surface area contributed by atoms with Crippen molar-refractivity contribution in [1.82, 2.24) is 10.3 Å². The Kier molecular flexibility index (Phi) is 6.21. The lowest BCUT2D eigenvalue weighted by Crippen LogP contribution is -2.32. The highest BCUT2D eigenvalue weighted by Gasteiger charge is 2.15. The molecule has 1 aromatic heterocycles. The van der Waals surface area contributed by atoms with Crippen LogP contribution in [0.3, 0.4) is 0 Å². The summed E-state index contributed by atoms with van der Waals surface area (Å²) in [5.41, 5.74) is 1.86. The Morgan fingerprint density at radius 1 is 1.38 bits per heavy atom. The fourth-order valence-corrected chi connectivity index (χ4v) is 3.33. The van der Waals surface area contributed by atoms with E-state index in [4.69, 9.17) is 9.47 Å². The van der Waals surface area contributed by atoms with Crippen molar-refractivity contribution in [2.24, 2.45) is 0 Å². The summed E-state index contributed by atoms with van der Waals surface area (Å²) in [5.74, 6) is -1.44. The number of H-pyrrole nitrogens is 1. The van der Waals surface area contributed by atoms with Crippen molar-refractivity contribution in [1.29, 1.82) is 0 Å². The molecule has 142 valence electrons. The second kappa shape index (κ2) is 8.60. The Morgan fingerprint density at radius 2 is 2.23 bits per heavy atom. The van der Waals surface area contributed by atoms with E-state index in [1.165, 1.54) is 6.07 Å². The number of fused-ring (bicyclic) bond motifs is 1. The number of ether oxygens (including phenoxy) is 2. The highest BCUT2D eigenvalue weighted by atomic mass is 19.1. The van der Waals surface area contributed by atoms with E-state index in [0.717, 1.165) is 43.2 Å². The molecule has 2 aromatic rings. The number of aryl methyl sites for hydroxylation is 1. The topological polar surface area (TPSA) is 63.4 Å².